The Hall–Kier alpha value is -3.79. The van der Waals surface area contributed by atoms with Gasteiger partial charge in [0.25, 0.3) is 11.8 Å². The second-order valence-electron chi connectivity index (χ2n) is 8.26. The lowest BCUT2D eigenvalue weighted by Crippen LogP contribution is -2.42. The molecule has 9 nitrogen and oxygen atoms in total. The summed E-state index contributed by atoms with van der Waals surface area (Å²) in [4.78, 5) is 48.7. The van der Waals surface area contributed by atoms with Crippen LogP contribution in [0, 0.1) is 6.92 Å². The molecule has 1 aliphatic rings. The normalized spacial score (nSPS) is 15.0. The van der Waals surface area contributed by atoms with Crippen molar-refractivity contribution in [1.82, 2.24) is 25.7 Å². The predicted molar refractivity (Wildman–Crippen MR) is 131 cm³/mol. The molecule has 35 heavy (non-hydrogen) atoms. The third-order valence-corrected chi connectivity index (χ3v) is 6.79. The van der Waals surface area contributed by atoms with E-state index in [0.717, 1.165) is 29.1 Å². The Labute approximate surface area is 207 Å². The fourth-order valence-corrected chi connectivity index (χ4v) is 4.91. The number of hydrogen-bond acceptors (Lipinski definition) is 7. The van der Waals surface area contributed by atoms with Crippen molar-refractivity contribution < 1.29 is 19.1 Å². The first-order chi connectivity index (χ1) is 16.9. The van der Waals surface area contributed by atoms with Gasteiger partial charge in [0.05, 0.1) is 13.2 Å². The zero-order valence-corrected chi connectivity index (χ0v) is 20.4. The van der Waals surface area contributed by atoms with Crippen LogP contribution in [0.25, 0.3) is 0 Å². The van der Waals surface area contributed by atoms with Gasteiger partial charge in [0, 0.05) is 35.7 Å². The maximum Gasteiger partial charge on any atom is 0.288 e. The molecule has 1 aromatic carbocycles. The van der Waals surface area contributed by atoms with Gasteiger partial charge in [0.15, 0.2) is 0 Å². The summed E-state index contributed by atoms with van der Waals surface area (Å²) in [7, 11) is 1.42. The minimum absolute atomic E-state index is 0.0306. The van der Waals surface area contributed by atoms with E-state index in [2.05, 4.69) is 20.8 Å². The number of hydrazine groups is 1. The summed E-state index contributed by atoms with van der Waals surface area (Å²) in [5.41, 5.74) is 6.99. The van der Waals surface area contributed by atoms with Crippen LogP contribution in [0.4, 0.5) is 0 Å². The molecule has 1 atom stereocenters. The summed E-state index contributed by atoms with van der Waals surface area (Å²) in [6.07, 6.45) is 2.48. The van der Waals surface area contributed by atoms with E-state index in [4.69, 9.17) is 4.74 Å². The highest BCUT2D eigenvalue weighted by Gasteiger charge is 2.33. The van der Waals surface area contributed by atoms with Gasteiger partial charge in [-0.15, -0.1) is 11.3 Å². The molecule has 3 aromatic rings. The number of rotatable bonds is 7. The van der Waals surface area contributed by atoms with Crippen LogP contribution in [-0.2, 0) is 11.2 Å². The lowest BCUT2D eigenvalue weighted by Gasteiger charge is -2.23. The lowest BCUT2D eigenvalue weighted by atomic mass is 10.1. The first kappa shape index (κ1) is 24.3. The molecule has 0 radical (unpaired) electrons. The number of benzene rings is 1. The molecule has 1 unspecified atom stereocenters. The molecule has 0 aliphatic carbocycles. The number of methoxy groups -OCH3 is 1. The van der Waals surface area contributed by atoms with Crippen LogP contribution in [-0.4, -0.2) is 46.2 Å². The fraction of sp³-hybridized carbons (Fsp3) is 0.320. The number of nitrogens with zero attached hydrogens (tertiary/aromatic N) is 3. The number of likely N-dealkylation sites (tertiary alicyclic amines) is 1. The average Bonchev–Trinajstić information content (AvgIpc) is 3.54. The SMILES string of the molecule is COc1cc(C(=O)N2CCCC2c2nc(C)cs2)cc(C(=O)NNC(=O)CCc2ccccc2)n1. The van der Waals surface area contributed by atoms with Crippen molar-refractivity contribution in [1.29, 1.82) is 0 Å². The lowest BCUT2D eigenvalue weighted by molar-refractivity contribution is -0.121. The van der Waals surface area contributed by atoms with Gasteiger partial charge >= 0.3 is 0 Å². The fourth-order valence-electron chi connectivity index (χ4n) is 3.96. The van der Waals surface area contributed by atoms with Crippen molar-refractivity contribution in [3.63, 3.8) is 0 Å². The number of pyridine rings is 1. The average molecular weight is 494 g/mol. The van der Waals surface area contributed by atoms with Gasteiger partial charge in [-0.05, 0) is 37.8 Å². The van der Waals surface area contributed by atoms with Crippen LogP contribution in [0.3, 0.4) is 0 Å². The Bertz CT molecular complexity index is 1210. The van der Waals surface area contributed by atoms with Crippen molar-refractivity contribution in [3.05, 3.63) is 75.4 Å². The van der Waals surface area contributed by atoms with E-state index in [1.165, 1.54) is 19.2 Å². The molecule has 182 valence electrons. The molecule has 1 fully saturated rings. The number of carbonyl (C=O) groups excluding carboxylic acids is 3. The standard InChI is InChI=1S/C25H27N5O4S/c1-16-15-35-24(26-16)20-9-6-12-30(20)25(33)18-13-19(27-22(14-18)34-2)23(32)29-28-21(31)11-10-17-7-4-3-5-8-17/h3-5,7-8,13-15,20H,6,9-12H2,1-2H3,(H,28,31)(H,29,32). The van der Waals surface area contributed by atoms with Crippen molar-refractivity contribution in [3.8, 4) is 5.88 Å². The van der Waals surface area contributed by atoms with E-state index in [9.17, 15) is 14.4 Å². The highest BCUT2D eigenvalue weighted by Crippen LogP contribution is 2.35. The Morgan fingerprint density at radius 3 is 2.66 bits per heavy atom. The monoisotopic (exact) mass is 493 g/mol. The second kappa shape index (κ2) is 11.1. The molecule has 3 amide bonds. The zero-order chi connectivity index (χ0) is 24.8. The van der Waals surface area contributed by atoms with E-state index in [-0.39, 0.29) is 41.4 Å². The molecule has 0 spiro atoms. The number of carbonyl (C=O) groups is 3. The maximum absolute atomic E-state index is 13.4. The third-order valence-electron chi connectivity index (χ3n) is 5.73. The van der Waals surface area contributed by atoms with E-state index in [1.807, 2.05) is 42.6 Å². The Balaban J connectivity index is 1.42. The number of ether oxygens (including phenoxy) is 1. The molecular formula is C25H27N5O4S. The van der Waals surface area contributed by atoms with Crippen LogP contribution >= 0.6 is 11.3 Å². The highest BCUT2D eigenvalue weighted by molar-refractivity contribution is 7.09. The van der Waals surface area contributed by atoms with Crippen LogP contribution in [0.2, 0.25) is 0 Å². The van der Waals surface area contributed by atoms with Gasteiger partial charge in [-0.3, -0.25) is 25.2 Å². The Morgan fingerprint density at radius 1 is 1.14 bits per heavy atom. The molecule has 4 rings (SSSR count). The summed E-state index contributed by atoms with van der Waals surface area (Å²) in [6.45, 7) is 2.53. The number of aromatic nitrogens is 2. The molecule has 0 saturated carbocycles. The van der Waals surface area contributed by atoms with Crippen LogP contribution in [0.15, 0.2) is 47.8 Å². The first-order valence-electron chi connectivity index (χ1n) is 11.4. The Morgan fingerprint density at radius 2 is 1.94 bits per heavy atom. The molecule has 2 N–H and O–H groups in total. The van der Waals surface area contributed by atoms with Crippen LogP contribution in [0.5, 0.6) is 5.88 Å². The summed E-state index contributed by atoms with van der Waals surface area (Å²) in [6, 6.07) is 12.4. The third kappa shape index (κ3) is 6.02. The van der Waals surface area contributed by atoms with Crippen molar-refractivity contribution in [2.75, 3.05) is 13.7 Å². The van der Waals surface area contributed by atoms with Crippen molar-refractivity contribution >= 4 is 29.1 Å². The summed E-state index contributed by atoms with van der Waals surface area (Å²) in [5, 5.41) is 2.88. The van der Waals surface area contributed by atoms with Crippen LogP contribution < -0.4 is 15.6 Å². The summed E-state index contributed by atoms with van der Waals surface area (Å²) < 4.78 is 5.23. The number of nitrogens with one attached hydrogen (secondary N) is 2. The Kier molecular flexibility index (Phi) is 7.71. The van der Waals surface area contributed by atoms with Crippen molar-refractivity contribution in [2.24, 2.45) is 0 Å². The molecule has 1 aliphatic heterocycles. The number of amides is 3. The van der Waals surface area contributed by atoms with Crippen LogP contribution in [0.1, 0.15) is 62.4 Å². The van der Waals surface area contributed by atoms with Crippen molar-refractivity contribution in [2.45, 2.75) is 38.6 Å². The minimum Gasteiger partial charge on any atom is -0.481 e. The van der Waals surface area contributed by atoms with E-state index in [0.29, 0.717) is 13.0 Å². The molecule has 3 heterocycles. The van der Waals surface area contributed by atoms with Gasteiger partial charge < -0.3 is 9.64 Å². The van der Waals surface area contributed by atoms with Gasteiger partial charge in [0.1, 0.15) is 10.7 Å². The van der Waals surface area contributed by atoms with E-state index < -0.39 is 5.91 Å². The number of thiazole rings is 1. The minimum atomic E-state index is -0.639. The predicted octanol–water partition coefficient (Wildman–Crippen LogP) is 3.23. The second-order valence-corrected chi connectivity index (χ2v) is 9.14. The van der Waals surface area contributed by atoms with Gasteiger partial charge in [0.2, 0.25) is 11.8 Å². The van der Waals surface area contributed by atoms with Gasteiger partial charge in [-0.25, -0.2) is 9.97 Å². The molecule has 10 heteroatoms. The summed E-state index contributed by atoms with van der Waals surface area (Å²) >= 11 is 1.54. The molecule has 0 bridgehead atoms. The maximum atomic E-state index is 13.4. The highest BCUT2D eigenvalue weighted by atomic mass is 32.1. The van der Waals surface area contributed by atoms with Gasteiger partial charge in [-0.1, -0.05) is 30.3 Å². The van der Waals surface area contributed by atoms with E-state index in [1.54, 1.807) is 16.2 Å². The quantitative estimate of drug-likeness (QED) is 0.489. The first-order valence-corrected chi connectivity index (χ1v) is 12.2. The van der Waals surface area contributed by atoms with E-state index >= 15 is 0 Å². The molecule has 2 aromatic heterocycles. The zero-order valence-electron chi connectivity index (χ0n) is 19.6. The molecule has 1 saturated heterocycles. The smallest absolute Gasteiger partial charge is 0.288 e. The largest absolute Gasteiger partial charge is 0.481 e. The summed E-state index contributed by atoms with van der Waals surface area (Å²) in [5.74, 6) is -1.06. The van der Waals surface area contributed by atoms with Gasteiger partial charge in [-0.2, -0.15) is 0 Å². The topological polar surface area (TPSA) is 114 Å². The number of hydrogen-bond donors (Lipinski definition) is 2. The number of aryl methyl sites for hydroxylation is 2. The molecular weight excluding hydrogens is 466 g/mol.